The molecule has 1 aromatic rings. The number of β-amino-alcohol motifs (C(OH)–C–C–N with tert-alkyl or cyclic N) is 1. The predicted octanol–water partition coefficient (Wildman–Crippen LogP) is 1.58. The summed E-state index contributed by atoms with van der Waals surface area (Å²) in [6, 6.07) is 4.10. The summed E-state index contributed by atoms with van der Waals surface area (Å²) in [6.07, 6.45) is 4.98. The number of aliphatic hydroxyl groups is 1. The van der Waals surface area contributed by atoms with Crippen molar-refractivity contribution in [3.63, 3.8) is 0 Å². The molecule has 1 fully saturated rings. The van der Waals surface area contributed by atoms with Crippen molar-refractivity contribution in [2.45, 2.75) is 36.4 Å². The first kappa shape index (κ1) is 17.1. The minimum absolute atomic E-state index is 0. The van der Waals surface area contributed by atoms with E-state index in [1.54, 1.807) is 7.11 Å². The number of nitrogens with zero attached hydrogens (tertiary/aromatic N) is 1. The van der Waals surface area contributed by atoms with E-state index in [0.717, 1.165) is 29.0 Å². The first-order chi connectivity index (χ1) is 11.6. The Balaban J connectivity index is 0.00000157. The molecule has 136 valence electrons. The molecular formula is C18H22ClNO5. The third kappa shape index (κ3) is 2.06. The van der Waals surface area contributed by atoms with E-state index >= 15 is 0 Å². The standard InChI is InChI=1S/C18H21NO5.ClH/c1-19-9-18(20)17(4-3-12(21-2)6-16(17)19)13-7-15-14(22-10-23-15)5-11(13)8-24-18;/h3-5,7,12,16,20H,6,8-10H2,1-2H3;1H/t12-,16+,17?,18-;/m1./s1. The van der Waals surface area contributed by atoms with Crippen LogP contribution in [0, 0.1) is 0 Å². The van der Waals surface area contributed by atoms with Crippen LogP contribution in [-0.2, 0) is 21.5 Å². The molecule has 4 aliphatic rings. The summed E-state index contributed by atoms with van der Waals surface area (Å²) < 4.78 is 22.6. The van der Waals surface area contributed by atoms with Crippen molar-refractivity contribution in [2.24, 2.45) is 0 Å². The fraction of sp³-hybridized carbons (Fsp3) is 0.556. The smallest absolute Gasteiger partial charge is 0.231 e. The van der Waals surface area contributed by atoms with E-state index in [1.807, 2.05) is 25.3 Å². The van der Waals surface area contributed by atoms with Crippen molar-refractivity contribution in [3.05, 3.63) is 35.4 Å². The molecule has 1 saturated heterocycles. The summed E-state index contributed by atoms with van der Waals surface area (Å²) >= 11 is 0. The van der Waals surface area contributed by atoms with E-state index in [-0.39, 0.29) is 31.3 Å². The zero-order chi connectivity index (χ0) is 16.5. The lowest BCUT2D eigenvalue weighted by Gasteiger charge is -2.49. The molecule has 1 spiro atoms. The maximum atomic E-state index is 11.4. The molecule has 0 amide bonds. The van der Waals surface area contributed by atoms with Crippen molar-refractivity contribution < 1.29 is 24.1 Å². The number of rotatable bonds is 1. The van der Waals surface area contributed by atoms with Gasteiger partial charge in [0.15, 0.2) is 17.3 Å². The highest BCUT2D eigenvalue weighted by molar-refractivity contribution is 5.85. The molecule has 6 nitrogen and oxygen atoms in total. The van der Waals surface area contributed by atoms with Crippen LogP contribution < -0.4 is 9.47 Å². The molecule has 1 unspecified atom stereocenters. The number of ether oxygens (including phenoxy) is 4. The van der Waals surface area contributed by atoms with Gasteiger partial charge in [0.2, 0.25) is 6.79 Å². The molecule has 0 radical (unpaired) electrons. The monoisotopic (exact) mass is 367 g/mol. The Kier molecular flexibility index (Phi) is 3.83. The summed E-state index contributed by atoms with van der Waals surface area (Å²) in [7, 11) is 3.75. The van der Waals surface area contributed by atoms with E-state index in [4.69, 9.17) is 18.9 Å². The van der Waals surface area contributed by atoms with Gasteiger partial charge in [0, 0.05) is 13.2 Å². The molecule has 25 heavy (non-hydrogen) atoms. The van der Waals surface area contributed by atoms with Crippen LogP contribution in [0.3, 0.4) is 0 Å². The number of benzene rings is 1. The van der Waals surface area contributed by atoms with Crippen molar-refractivity contribution in [3.8, 4) is 11.5 Å². The molecule has 3 aliphatic heterocycles. The highest BCUT2D eigenvalue weighted by atomic mass is 35.5. The van der Waals surface area contributed by atoms with Crippen LogP contribution in [0.15, 0.2) is 24.3 Å². The van der Waals surface area contributed by atoms with Gasteiger partial charge in [0.05, 0.1) is 24.7 Å². The second-order valence-electron chi connectivity index (χ2n) is 7.10. The molecule has 5 rings (SSSR count). The first-order valence-electron chi connectivity index (χ1n) is 8.29. The van der Waals surface area contributed by atoms with Crippen molar-refractivity contribution >= 4 is 12.4 Å². The molecule has 1 aliphatic carbocycles. The Labute approximate surface area is 152 Å². The van der Waals surface area contributed by atoms with Gasteiger partial charge in [0.25, 0.3) is 0 Å². The third-order valence-electron chi connectivity index (χ3n) is 6.01. The van der Waals surface area contributed by atoms with Gasteiger partial charge >= 0.3 is 0 Å². The lowest BCUT2D eigenvalue weighted by atomic mass is 9.64. The van der Waals surface area contributed by atoms with Gasteiger partial charge < -0.3 is 24.1 Å². The second-order valence-corrected chi connectivity index (χ2v) is 7.10. The minimum Gasteiger partial charge on any atom is -0.454 e. The van der Waals surface area contributed by atoms with E-state index < -0.39 is 11.2 Å². The van der Waals surface area contributed by atoms with Crippen molar-refractivity contribution in [1.82, 2.24) is 4.90 Å². The van der Waals surface area contributed by atoms with Gasteiger partial charge in [-0.2, -0.15) is 0 Å². The Bertz CT molecular complexity index is 740. The molecule has 0 bridgehead atoms. The predicted molar refractivity (Wildman–Crippen MR) is 92.2 cm³/mol. The molecule has 0 saturated carbocycles. The number of hydrogen-bond acceptors (Lipinski definition) is 6. The third-order valence-corrected chi connectivity index (χ3v) is 6.01. The van der Waals surface area contributed by atoms with Gasteiger partial charge in [-0.05, 0) is 36.7 Å². The molecule has 3 heterocycles. The number of fused-ring (bicyclic) bond motifs is 2. The Morgan fingerprint density at radius 2 is 2.04 bits per heavy atom. The Hall–Kier alpha value is -1.31. The zero-order valence-electron chi connectivity index (χ0n) is 14.2. The van der Waals surface area contributed by atoms with Gasteiger partial charge in [-0.1, -0.05) is 12.2 Å². The highest BCUT2D eigenvalue weighted by Gasteiger charge is 2.66. The number of likely N-dealkylation sites (tertiary alicyclic amines) is 1. The van der Waals surface area contributed by atoms with Gasteiger partial charge in [-0.15, -0.1) is 12.4 Å². The lowest BCUT2D eigenvalue weighted by molar-refractivity contribution is -0.236. The van der Waals surface area contributed by atoms with Crippen LogP contribution in [0.4, 0.5) is 0 Å². The number of methoxy groups -OCH3 is 1. The number of halogens is 1. The summed E-state index contributed by atoms with van der Waals surface area (Å²) in [6.45, 7) is 1.07. The number of likely N-dealkylation sites (N-methyl/N-ethyl adjacent to an activating group) is 1. The van der Waals surface area contributed by atoms with E-state index in [9.17, 15) is 5.11 Å². The summed E-state index contributed by atoms with van der Waals surface area (Å²) in [5, 5.41) is 11.4. The quantitative estimate of drug-likeness (QED) is 0.760. The lowest BCUT2D eigenvalue weighted by Crippen LogP contribution is -2.59. The zero-order valence-corrected chi connectivity index (χ0v) is 15.0. The maximum Gasteiger partial charge on any atom is 0.231 e. The molecule has 4 atom stereocenters. The van der Waals surface area contributed by atoms with Crippen LogP contribution in [0.25, 0.3) is 0 Å². The summed E-state index contributed by atoms with van der Waals surface area (Å²) in [5.74, 6) is 0.238. The summed E-state index contributed by atoms with van der Waals surface area (Å²) in [5.41, 5.74) is 1.50. The minimum atomic E-state index is -1.25. The van der Waals surface area contributed by atoms with E-state index in [2.05, 4.69) is 11.0 Å². The fourth-order valence-corrected chi connectivity index (χ4v) is 4.86. The largest absolute Gasteiger partial charge is 0.454 e. The van der Waals surface area contributed by atoms with Gasteiger partial charge in [0.1, 0.15) is 0 Å². The second kappa shape index (κ2) is 5.59. The van der Waals surface area contributed by atoms with Crippen LogP contribution in [0.5, 0.6) is 11.5 Å². The van der Waals surface area contributed by atoms with E-state index in [1.165, 1.54) is 0 Å². The maximum absolute atomic E-state index is 11.4. The SMILES string of the molecule is CO[C@@H]1C=CC23c4cc5c(cc4CO[C@]2(O)CN(C)[C@H]3C1)OCO5.Cl. The highest BCUT2D eigenvalue weighted by Crippen LogP contribution is 2.56. The molecule has 7 heteroatoms. The van der Waals surface area contributed by atoms with Crippen LogP contribution in [-0.4, -0.2) is 55.4 Å². The first-order valence-corrected chi connectivity index (χ1v) is 8.29. The van der Waals surface area contributed by atoms with Crippen LogP contribution in [0.1, 0.15) is 17.5 Å². The van der Waals surface area contributed by atoms with Crippen molar-refractivity contribution in [2.75, 3.05) is 27.5 Å². The van der Waals surface area contributed by atoms with Gasteiger partial charge in [-0.3, -0.25) is 4.90 Å². The van der Waals surface area contributed by atoms with Gasteiger partial charge in [-0.25, -0.2) is 0 Å². The molecular weight excluding hydrogens is 346 g/mol. The summed E-state index contributed by atoms with van der Waals surface area (Å²) in [4.78, 5) is 2.18. The van der Waals surface area contributed by atoms with Crippen LogP contribution in [0.2, 0.25) is 0 Å². The molecule has 0 aromatic heterocycles. The van der Waals surface area contributed by atoms with Crippen LogP contribution >= 0.6 is 12.4 Å². The Morgan fingerprint density at radius 3 is 2.80 bits per heavy atom. The van der Waals surface area contributed by atoms with Crippen molar-refractivity contribution in [1.29, 1.82) is 0 Å². The van der Waals surface area contributed by atoms with E-state index in [0.29, 0.717) is 13.2 Å². The average Bonchev–Trinajstić information content (AvgIpc) is 3.13. The molecule has 1 aromatic carbocycles. The average molecular weight is 368 g/mol. The fourth-order valence-electron chi connectivity index (χ4n) is 4.86. The number of hydrogen-bond donors (Lipinski definition) is 1. The topological polar surface area (TPSA) is 60.4 Å². The molecule has 1 N–H and O–H groups in total. The Morgan fingerprint density at radius 1 is 1.28 bits per heavy atom. The normalized spacial score (nSPS) is 37.9.